The molecule has 1 aliphatic rings. The van der Waals surface area contributed by atoms with Gasteiger partial charge in [0, 0.05) is 43.1 Å². The molecule has 0 amide bonds. The predicted octanol–water partition coefficient (Wildman–Crippen LogP) is 4.04. The number of fused-ring (bicyclic) bond motifs is 1. The summed E-state index contributed by atoms with van der Waals surface area (Å²) in [6.45, 7) is 0. The van der Waals surface area contributed by atoms with E-state index < -0.39 is 18.3 Å². The topological polar surface area (TPSA) is 95.7 Å². The largest absolute Gasteiger partial charge is 0.365 e. The lowest BCUT2D eigenvalue weighted by molar-refractivity contribution is -0.384. The van der Waals surface area contributed by atoms with Gasteiger partial charge in [-0.3, -0.25) is 19.5 Å². The predicted molar refractivity (Wildman–Crippen MR) is 91.5 cm³/mol. The van der Waals surface area contributed by atoms with Gasteiger partial charge in [-0.2, -0.15) is 0 Å². The molecule has 0 aliphatic heterocycles. The summed E-state index contributed by atoms with van der Waals surface area (Å²) in [7, 11) is -1.48. The zero-order valence-electron chi connectivity index (χ0n) is 13.5. The van der Waals surface area contributed by atoms with Crippen LogP contribution in [0.1, 0.15) is 21.5 Å². The van der Waals surface area contributed by atoms with E-state index >= 15 is 0 Å². The summed E-state index contributed by atoms with van der Waals surface area (Å²) < 4.78 is 23.0. The lowest BCUT2D eigenvalue weighted by atomic mass is 9.99. The minimum Gasteiger partial charge on any atom is -0.308 e. The highest BCUT2D eigenvalue weighted by Gasteiger charge is 2.43. The number of carbonyl (C=O) groups is 1. The Hall–Kier alpha value is -2.60. The van der Waals surface area contributed by atoms with Crippen LogP contribution in [-0.2, 0) is 13.6 Å². The van der Waals surface area contributed by atoms with E-state index in [0.717, 1.165) is 0 Å². The number of carbonyl (C=O) groups excluding carboxylic acids is 1. The van der Waals surface area contributed by atoms with Gasteiger partial charge in [0.1, 0.15) is 5.31 Å². The van der Waals surface area contributed by atoms with E-state index in [2.05, 4.69) is 0 Å². The molecule has 0 aromatic heterocycles. The molecule has 0 saturated heterocycles. The molecule has 25 heavy (non-hydrogen) atoms. The van der Waals surface area contributed by atoms with Crippen molar-refractivity contribution < 1.29 is 23.3 Å². The van der Waals surface area contributed by atoms with Gasteiger partial charge >= 0.3 is 7.60 Å². The first-order valence-electron chi connectivity index (χ1n) is 7.28. The van der Waals surface area contributed by atoms with Crippen molar-refractivity contribution in [1.82, 2.24) is 0 Å². The van der Waals surface area contributed by atoms with Crippen molar-refractivity contribution in [1.29, 1.82) is 0 Å². The van der Waals surface area contributed by atoms with Gasteiger partial charge in [0.05, 0.1) is 4.92 Å². The third-order valence-corrected chi connectivity index (χ3v) is 5.93. The maximum atomic E-state index is 13.0. The third kappa shape index (κ3) is 2.72. The van der Waals surface area contributed by atoms with Crippen LogP contribution in [-0.4, -0.2) is 24.9 Å². The van der Waals surface area contributed by atoms with E-state index in [1.165, 1.54) is 32.4 Å². The fourth-order valence-corrected chi connectivity index (χ4v) is 4.24. The van der Waals surface area contributed by atoms with Gasteiger partial charge in [0.25, 0.3) is 5.69 Å². The zero-order valence-corrected chi connectivity index (χ0v) is 14.4. The van der Waals surface area contributed by atoms with Crippen LogP contribution in [0.3, 0.4) is 0 Å². The minimum absolute atomic E-state index is 0.112. The maximum absolute atomic E-state index is 13.0. The molecule has 0 atom stereocenters. The van der Waals surface area contributed by atoms with Crippen molar-refractivity contribution in [2.45, 2.75) is 0 Å². The second-order valence-electron chi connectivity index (χ2n) is 5.27. The van der Waals surface area contributed by atoms with Crippen LogP contribution in [0.25, 0.3) is 5.57 Å². The zero-order chi connectivity index (χ0) is 18.2. The van der Waals surface area contributed by atoms with Gasteiger partial charge < -0.3 is 9.05 Å². The summed E-state index contributed by atoms with van der Waals surface area (Å²) >= 11 is 0. The molecule has 2 aromatic carbocycles. The molecule has 0 N–H and O–H groups in total. The Morgan fingerprint density at radius 2 is 1.64 bits per heavy atom. The Morgan fingerprint density at radius 3 is 2.20 bits per heavy atom. The van der Waals surface area contributed by atoms with Crippen molar-refractivity contribution >= 4 is 24.6 Å². The van der Waals surface area contributed by atoms with Crippen molar-refractivity contribution in [3.8, 4) is 0 Å². The average molecular weight is 359 g/mol. The highest BCUT2D eigenvalue weighted by Crippen LogP contribution is 2.61. The fourth-order valence-electron chi connectivity index (χ4n) is 2.83. The van der Waals surface area contributed by atoms with Gasteiger partial charge in [-0.15, -0.1) is 0 Å². The Kier molecular flexibility index (Phi) is 4.39. The van der Waals surface area contributed by atoms with Crippen LogP contribution in [0, 0.1) is 10.1 Å². The van der Waals surface area contributed by atoms with Crippen LogP contribution in [0.2, 0.25) is 0 Å². The molecule has 3 rings (SSSR count). The van der Waals surface area contributed by atoms with Crippen LogP contribution < -0.4 is 0 Å². The molecule has 8 heteroatoms. The maximum Gasteiger partial charge on any atom is 0.365 e. The van der Waals surface area contributed by atoms with Gasteiger partial charge in [-0.05, 0) is 11.6 Å². The van der Waals surface area contributed by atoms with Gasteiger partial charge in [-0.25, -0.2) is 0 Å². The first-order valence-corrected chi connectivity index (χ1v) is 8.82. The number of nitrogens with zero attached hydrogens (tertiary/aromatic N) is 1. The van der Waals surface area contributed by atoms with Crippen molar-refractivity contribution in [2.24, 2.45) is 0 Å². The monoisotopic (exact) mass is 359 g/mol. The number of hydrogen-bond donors (Lipinski definition) is 0. The van der Waals surface area contributed by atoms with Crippen LogP contribution in [0.4, 0.5) is 5.69 Å². The Morgan fingerprint density at radius 1 is 1.00 bits per heavy atom. The van der Waals surface area contributed by atoms with Crippen molar-refractivity contribution in [2.75, 3.05) is 14.2 Å². The Bertz CT molecular complexity index is 943. The summed E-state index contributed by atoms with van der Waals surface area (Å²) in [4.78, 5) is 23.4. The van der Waals surface area contributed by atoms with Crippen molar-refractivity contribution in [3.63, 3.8) is 0 Å². The average Bonchev–Trinajstić information content (AvgIpc) is 2.94. The second kappa shape index (κ2) is 6.37. The highest BCUT2D eigenvalue weighted by atomic mass is 31.2. The summed E-state index contributed by atoms with van der Waals surface area (Å²) in [5.74, 6) is -0.518. The van der Waals surface area contributed by atoms with Crippen LogP contribution >= 0.6 is 7.60 Å². The van der Waals surface area contributed by atoms with Gasteiger partial charge in [-0.1, -0.05) is 30.3 Å². The SMILES string of the molecule is COP(=O)(OC)C1=C(c2ccccc2)c2cc([N+](=O)[O-])ccc2C1=O. The number of nitro groups is 1. The van der Waals surface area contributed by atoms with E-state index in [1.807, 2.05) is 0 Å². The van der Waals surface area contributed by atoms with E-state index in [9.17, 15) is 19.5 Å². The summed E-state index contributed by atoms with van der Waals surface area (Å²) in [5.41, 5.74) is 1.34. The molecule has 1 aliphatic carbocycles. The van der Waals surface area contributed by atoms with E-state index in [1.54, 1.807) is 30.3 Å². The summed E-state index contributed by atoms with van der Waals surface area (Å²) in [6, 6.07) is 12.7. The summed E-state index contributed by atoms with van der Waals surface area (Å²) in [5, 5.41) is 11.0. The van der Waals surface area contributed by atoms with Crippen molar-refractivity contribution in [3.05, 3.63) is 80.6 Å². The number of nitro benzene ring substituents is 1. The number of hydrogen-bond acceptors (Lipinski definition) is 6. The molecule has 0 spiro atoms. The normalized spacial score (nSPS) is 13.9. The third-order valence-electron chi connectivity index (χ3n) is 4.00. The standard InChI is InChI=1S/C17H14NO6P/c1-23-25(22,24-2)17-15(11-6-4-3-5-7-11)14-10-12(18(20)21)8-9-13(14)16(17)19/h3-10H,1-2H3. The molecule has 0 unspecified atom stereocenters. The quantitative estimate of drug-likeness (QED) is 0.454. The molecule has 0 heterocycles. The first-order chi connectivity index (χ1) is 11.9. The molecule has 128 valence electrons. The van der Waals surface area contributed by atoms with E-state index in [0.29, 0.717) is 16.7 Å². The van der Waals surface area contributed by atoms with E-state index in [4.69, 9.17) is 9.05 Å². The molecule has 2 aromatic rings. The molecule has 0 saturated carbocycles. The number of Topliss-reactive ketones (excluding diaryl/α,β-unsaturated/α-hetero) is 1. The molecular weight excluding hydrogens is 345 g/mol. The van der Waals surface area contributed by atoms with E-state index in [-0.39, 0.29) is 16.6 Å². The van der Waals surface area contributed by atoms with Crippen LogP contribution in [0.5, 0.6) is 0 Å². The number of benzene rings is 2. The molecular formula is C17H14NO6P. The first kappa shape index (κ1) is 17.2. The Labute approximate surface area is 143 Å². The van der Waals surface area contributed by atoms with Crippen LogP contribution in [0.15, 0.2) is 53.8 Å². The smallest absolute Gasteiger partial charge is 0.308 e. The lowest BCUT2D eigenvalue weighted by Crippen LogP contribution is -2.03. The molecule has 0 bridgehead atoms. The highest BCUT2D eigenvalue weighted by molar-refractivity contribution is 7.60. The molecule has 7 nitrogen and oxygen atoms in total. The van der Waals surface area contributed by atoms with Gasteiger partial charge in [0.2, 0.25) is 5.78 Å². The number of rotatable bonds is 5. The number of ketones is 1. The van der Waals surface area contributed by atoms with Gasteiger partial charge in [0.15, 0.2) is 0 Å². The lowest BCUT2D eigenvalue weighted by Gasteiger charge is -2.16. The Balaban J connectivity index is 2.37. The second-order valence-corrected chi connectivity index (χ2v) is 7.44. The summed E-state index contributed by atoms with van der Waals surface area (Å²) in [6.07, 6.45) is 0. The fraction of sp³-hybridized carbons (Fsp3) is 0.118. The number of allylic oxidation sites excluding steroid dienone is 1. The minimum atomic E-state index is -3.87. The molecule has 0 fully saturated rings. The number of non-ortho nitro benzene ring substituents is 1. The molecule has 0 radical (unpaired) electrons.